The van der Waals surface area contributed by atoms with Gasteiger partial charge in [-0.05, 0) is 19.8 Å². The van der Waals surface area contributed by atoms with Crippen molar-refractivity contribution < 1.29 is 13.8 Å². The minimum atomic E-state index is -0.411. The van der Waals surface area contributed by atoms with Gasteiger partial charge in [0.25, 0.3) is 5.91 Å². The van der Waals surface area contributed by atoms with Crippen LogP contribution in [0.3, 0.4) is 0 Å². The third-order valence-electron chi connectivity index (χ3n) is 3.95. The summed E-state index contributed by atoms with van der Waals surface area (Å²) in [7, 11) is 0. The Morgan fingerprint density at radius 3 is 2.40 bits per heavy atom. The fourth-order valence-electron chi connectivity index (χ4n) is 2.60. The van der Waals surface area contributed by atoms with Gasteiger partial charge in [0.2, 0.25) is 11.7 Å². The van der Waals surface area contributed by atoms with Gasteiger partial charge in [0.15, 0.2) is 0 Å². The Morgan fingerprint density at radius 1 is 1.08 bits per heavy atom. The van der Waals surface area contributed by atoms with Crippen LogP contribution in [-0.2, 0) is 0 Å². The molecule has 7 nitrogen and oxygen atoms in total. The largest absolute Gasteiger partial charge is 0.361 e. The summed E-state index contributed by atoms with van der Waals surface area (Å²) in [5.74, 6) is 1.14. The average molecular weight is 340 g/mol. The van der Waals surface area contributed by atoms with Crippen LogP contribution in [0.2, 0.25) is 0 Å². The lowest BCUT2D eigenvalue weighted by atomic mass is 10.0. The number of carbonyl (C=O) groups is 1. The summed E-state index contributed by atoms with van der Waals surface area (Å²) < 4.78 is 10.5. The van der Waals surface area contributed by atoms with Gasteiger partial charge in [-0.3, -0.25) is 4.79 Å². The van der Waals surface area contributed by atoms with Gasteiger partial charge in [0.05, 0.1) is 5.69 Å². The lowest BCUT2D eigenvalue weighted by molar-refractivity contribution is 0.0912. The van der Waals surface area contributed by atoms with Crippen LogP contribution in [0.4, 0.5) is 0 Å². The molecule has 0 aliphatic heterocycles. The molecule has 0 spiro atoms. The van der Waals surface area contributed by atoms with Gasteiger partial charge in [0.1, 0.15) is 17.4 Å². The van der Waals surface area contributed by atoms with Crippen LogP contribution < -0.4 is 5.32 Å². The van der Waals surface area contributed by atoms with E-state index in [0.717, 1.165) is 5.56 Å². The number of nitrogens with one attached hydrogen (secondary N) is 1. The van der Waals surface area contributed by atoms with Crippen molar-refractivity contribution in [2.24, 2.45) is 5.92 Å². The van der Waals surface area contributed by atoms with Crippen molar-refractivity contribution in [1.82, 2.24) is 20.6 Å². The Labute approximate surface area is 145 Å². The van der Waals surface area contributed by atoms with Crippen LogP contribution >= 0.6 is 0 Å². The number of aromatic nitrogens is 3. The number of carbonyl (C=O) groups excluding carboxylic acids is 1. The van der Waals surface area contributed by atoms with E-state index in [1.165, 1.54) is 0 Å². The quantitative estimate of drug-likeness (QED) is 0.764. The van der Waals surface area contributed by atoms with E-state index >= 15 is 0 Å². The second-order valence-electron chi connectivity index (χ2n) is 6.22. The predicted molar refractivity (Wildman–Crippen MR) is 90.8 cm³/mol. The molecule has 130 valence electrons. The number of nitrogens with zero attached hydrogens (tertiary/aromatic N) is 3. The van der Waals surface area contributed by atoms with Crippen molar-refractivity contribution in [3.8, 4) is 11.4 Å². The van der Waals surface area contributed by atoms with Gasteiger partial charge in [0, 0.05) is 5.56 Å². The Kier molecular flexibility index (Phi) is 4.65. The Hall–Kier alpha value is -2.96. The predicted octanol–water partition coefficient (Wildman–Crippen LogP) is 3.47. The van der Waals surface area contributed by atoms with Crippen molar-refractivity contribution in [3.05, 3.63) is 53.2 Å². The maximum Gasteiger partial charge on any atom is 0.257 e. The first-order valence-corrected chi connectivity index (χ1v) is 8.10. The maximum atomic E-state index is 12.6. The molecule has 1 aromatic carbocycles. The molecule has 7 heteroatoms. The van der Waals surface area contributed by atoms with Gasteiger partial charge in [-0.1, -0.05) is 54.5 Å². The molecule has 0 saturated carbocycles. The number of rotatable bonds is 5. The number of hydrogen-bond acceptors (Lipinski definition) is 6. The minimum Gasteiger partial charge on any atom is -0.361 e. The molecular formula is C18H20N4O3. The average Bonchev–Trinajstić information content (AvgIpc) is 3.20. The highest BCUT2D eigenvalue weighted by Crippen LogP contribution is 2.24. The molecule has 0 bridgehead atoms. The number of hydrogen-bond donors (Lipinski definition) is 1. The smallest absolute Gasteiger partial charge is 0.257 e. The highest BCUT2D eigenvalue weighted by atomic mass is 16.5. The number of benzene rings is 1. The second-order valence-corrected chi connectivity index (χ2v) is 6.22. The van der Waals surface area contributed by atoms with Crippen molar-refractivity contribution >= 4 is 5.91 Å². The molecule has 2 aromatic heterocycles. The first-order valence-electron chi connectivity index (χ1n) is 8.10. The zero-order chi connectivity index (χ0) is 18.0. The zero-order valence-corrected chi connectivity index (χ0v) is 14.6. The summed E-state index contributed by atoms with van der Waals surface area (Å²) in [6.07, 6.45) is 0. The molecular weight excluding hydrogens is 320 g/mol. The highest BCUT2D eigenvalue weighted by Gasteiger charge is 2.27. The summed E-state index contributed by atoms with van der Waals surface area (Å²) in [6.45, 7) is 7.39. The van der Waals surface area contributed by atoms with Crippen molar-refractivity contribution in [2.75, 3.05) is 0 Å². The lowest BCUT2D eigenvalue weighted by Crippen LogP contribution is -2.32. The molecule has 25 heavy (non-hydrogen) atoms. The van der Waals surface area contributed by atoms with Crippen molar-refractivity contribution in [1.29, 1.82) is 0 Å². The molecule has 1 N–H and O–H groups in total. The third-order valence-corrected chi connectivity index (χ3v) is 3.95. The van der Waals surface area contributed by atoms with E-state index in [4.69, 9.17) is 9.05 Å². The van der Waals surface area contributed by atoms with E-state index in [1.807, 2.05) is 44.2 Å². The van der Waals surface area contributed by atoms with Gasteiger partial charge in [-0.15, -0.1) is 0 Å². The Bertz CT molecular complexity index is 848. The summed E-state index contributed by atoms with van der Waals surface area (Å²) in [5, 5.41) is 10.8. The first-order chi connectivity index (χ1) is 12.0. The summed E-state index contributed by atoms with van der Waals surface area (Å²) >= 11 is 0. The van der Waals surface area contributed by atoms with Gasteiger partial charge in [-0.25, -0.2) is 0 Å². The van der Waals surface area contributed by atoms with Gasteiger partial charge in [-0.2, -0.15) is 4.98 Å². The van der Waals surface area contributed by atoms with E-state index in [0.29, 0.717) is 28.7 Å². The summed E-state index contributed by atoms with van der Waals surface area (Å²) in [5.41, 5.74) is 1.85. The first kappa shape index (κ1) is 16.9. The summed E-state index contributed by atoms with van der Waals surface area (Å²) in [6, 6.07) is 9.13. The number of aryl methyl sites for hydroxylation is 2. The minimum absolute atomic E-state index is 0.0634. The van der Waals surface area contributed by atoms with Crippen LogP contribution in [0.1, 0.15) is 47.6 Å². The molecule has 0 radical (unpaired) electrons. The van der Waals surface area contributed by atoms with Crippen LogP contribution in [0.15, 0.2) is 39.4 Å². The number of amides is 1. The molecule has 3 aromatic rings. The fraction of sp³-hybridized carbons (Fsp3) is 0.333. The molecule has 0 fully saturated rings. The zero-order valence-electron chi connectivity index (χ0n) is 14.6. The molecule has 1 amide bonds. The normalized spacial score (nSPS) is 12.4. The molecule has 2 heterocycles. The molecule has 0 unspecified atom stereocenters. The topological polar surface area (TPSA) is 94.1 Å². The molecule has 3 rings (SSSR count). The molecule has 0 aliphatic rings. The molecule has 0 saturated heterocycles. The Balaban J connectivity index is 1.85. The van der Waals surface area contributed by atoms with E-state index in [1.54, 1.807) is 13.8 Å². The van der Waals surface area contributed by atoms with E-state index in [2.05, 4.69) is 20.6 Å². The van der Waals surface area contributed by atoms with Crippen molar-refractivity contribution in [3.63, 3.8) is 0 Å². The van der Waals surface area contributed by atoms with Crippen LogP contribution in [-0.4, -0.2) is 21.2 Å². The highest BCUT2D eigenvalue weighted by molar-refractivity contribution is 5.96. The molecule has 1 atom stereocenters. The summed E-state index contributed by atoms with van der Waals surface area (Å²) in [4.78, 5) is 17.1. The second kappa shape index (κ2) is 6.88. The SMILES string of the molecule is Cc1noc(C)c1C(=O)N[C@H](c1nc(-c2ccccc2)no1)C(C)C. The van der Waals surface area contributed by atoms with Crippen LogP contribution in [0.25, 0.3) is 11.4 Å². The fourth-order valence-corrected chi connectivity index (χ4v) is 2.60. The molecule has 0 aliphatic carbocycles. The third kappa shape index (κ3) is 3.45. The Morgan fingerprint density at radius 2 is 1.80 bits per heavy atom. The van der Waals surface area contributed by atoms with Gasteiger partial charge >= 0.3 is 0 Å². The monoisotopic (exact) mass is 340 g/mol. The maximum absolute atomic E-state index is 12.6. The van der Waals surface area contributed by atoms with Gasteiger partial charge < -0.3 is 14.4 Å². The van der Waals surface area contributed by atoms with Crippen LogP contribution in [0.5, 0.6) is 0 Å². The van der Waals surface area contributed by atoms with Crippen molar-refractivity contribution in [2.45, 2.75) is 33.7 Å². The van der Waals surface area contributed by atoms with E-state index < -0.39 is 6.04 Å². The van der Waals surface area contributed by atoms with E-state index in [9.17, 15) is 4.79 Å². The van der Waals surface area contributed by atoms with E-state index in [-0.39, 0.29) is 11.8 Å². The van der Waals surface area contributed by atoms with Crippen LogP contribution in [0, 0.1) is 19.8 Å². The standard InChI is InChI=1S/C18H20N4O3/c1-10(2)15(19-17(23)14-11(3)21-24-12(14)4)18-20-16(22-25-18)13-8-6-5-7-9-13/h5-10,15H,1-4H3,(H,19,23)/t15-/m0/s1. The lowest BCUT2D eigenvalue weighted by Gasteiger charge is -2.18.